The number of anilines is 4. The first kappa shape index (κ1) is 19.0. The summed E-state index contributed by atoms with van der Waals surface area (Å²) in [7, 11) is 0. The Morgan fingerprint density at radius 3 is 2.29 bits per heavy atom. The molecule has 144 valence electrons. The summed E-state index contributed by atoms with van der Waals surface area (Å²) in [6, 6.07) is 10.3. The molecule has 3 rings (SSSR count). The van der Waals surface area contributed by atoms with E-state index in [-0.39, 0.29) is 17.3 Å². The summed E-state index contributed by atoms with van der Waals surface area (Å²) in [6.07, 6.45) is -4.20. The van der Waals surface area contributed by atoms with E-state index < -0.39 is 28.3 Å². The number of aromatic nitrogens is 2. The molecule has 11 heteroatoms. The van der Waals surface area contributed by atoms with Gasteiger partial charge in [0.1, 0.15) is 17.2 Å². The first-order chi connectivity index (χ1) is 13.2. The van der Waals surface area contributed by atoms with Gasteiger partial charge in [0, 0.05) is 24.0 Å². The van der Waals surface area contributed by atoms with Gasteiger partial charge in [-0.2, -0.15) is 18.2 Å². The van der Waals surface area contributed by atoms with Gasteiger partial charge in [0.2, 0.25) is 5.95 Å². The second kappa shape index (κ2) is 7.47. The molecule has 0 bridgehead atoms. The van der Waals surface area contributed by atoms with E-state index in [1.165, 1.54) is 42.5 Å². The van der Waals surface area contributed by atoms with Crippen LogP contribution in [0.1, 0.15) is 5.56 Å². The van der Waals surface area contributed by atoms with E-state index in [0.29, 0.717) is 11.9 Å². The van der Waals surface area contributed by atoms with Crippen LogP contribution in [0, 0.1) is 15.9 Å². The molecule has 0 fully saturated rings. The summed E-state index contributed by atoms with van der Waals surface area (Å²) in [4.78, 5) is 17.5. The Hall–Kier alpha value is -3.76. The number of rotatable bonds is 5. The van der Waals surface area contributed by atoms with E-state index in [0.717, 1.165) is 6.07 Å². The number of non-ortho nitro benzene ring substituents is 1. The number of alkyl halides is 3. The maximum atomic E-state index is 13.8. The van der Waals surface area contributed by atoms with Gasteiger partial charge >= 0.3 is 6.18 Å². The first-order valence-electron chi connectivity index (χ1n) is 7.71. The molecular formula is C17H11F4N5O2. The minimum atomic E-state index is -4.76. The van der Waals surface area contributed by atoms with Gasteiger partial charge in [-0.05, 0) is 24.3 Å². The highest BCUT2D eigenvalue weighted by molar-refractivity contribution is 5.63. The van der Waals surface area contributed by atoms with Crippen LogP contribution in [0.25, 0.3) is 0 Å². The zero-order chi connectivity index (χ0) is 20.3. The second-order valence-electron chi connectivity index (χ2n) is 5.49. The highest BCUT2D eigenvalue weighted by Gasteiger charge is 2.35. The van der Waals surface area contributed by atoms with E-state index in [2.05, 4.69) is 20.6 Å². The lowest BCUT2D eigenvalue weighted by Gasteiger charge is -2.15. The third kappa shape index (κ3) is 4.31. The van der Waals surface area contributed by atoms with E-state index >= 15 is 0 Å². The molecule has 2 aromatic carbocycles. The fourth-order valence-corrected chi connectivity index (χ4v) is 2.23. The standard InChI is InChI=1S/C17H11F4N5O2/c18-13-3-1-2-4-14(13)24-15-12(17(19,20)21)9-22-16(25-15)23-10-5-7-11(8-6-10)26(27)28/h1-9H,(H2,22,23,24,25). The number of para-hydroxylation sites is 1. The Morgan fingerprint density at radius 2 is 1.68 bits per heavy atom. The fourth-order valence-electron chi connectivity index (χ4n) is 2.23. The number of nitro benzene ring substituents is 1. The third-order valence-electron chi connectivity index (χ3n) is 3.56. The van der Waals surface area contributed by atoms with Crippen molar-refractivity contribution in [1.29, 1.82) is 0 Å². The van der Waals surface area contributed by atoms with Crippen LogP contribution in [0.5, 0.6) is 0 Å². The van der Waals surface area contributed by atoms with Crippen LogP contribution in [0.4, 0.5) is 46.4 Å². The largest absolute Gasteiger partial charge is 0.421 e. The molecule has 1 heterocycles. The molecule has 2 N–H and O–H groups in total. The van der Waals surface area contributed by atoms with Crippen LogP contribution in [0.15, 0.2) is 54.7 Å². The van der Waals surface area contributed by atoms with Crippen LogP contribution >= 0.6 is 0 Å². The van der Waals surface area contributed by atoms with Crippen molar-refractivity contribution >= 4 is 28.8 Å². The number of benzene rings is 2. The summed E-state index contributed by atoms with van der Waals surface area (Å²) in [5, 5.41) is 15.6. The molecule has 3 aromatic rings. The van der Waals surface area contributed by atoms with Crippen molar-refractivity contribution < 1.29 is 22.5 Å². The number of nitrogens with one attached hydrogen (secondary N) is 2. The summed E-state index contributed by atoms with van der Waals surface area (Å²) < 4.78 is 53.5. The van der Waals surface area contributed by atoms with Crippen molar-refractivity contribution in [2.75, 3.05) is 10.6 Å². The van der Waals surface area contributed by atoms with Crippen molar-refractivity contribution in [3.05, 3.63) is 76.2 Å². The van der Waals surface area contributed by atoms with Gasteiger partial charge in [-0.15, -0.1) is 0 Å². The fraction of sp³-hybridized carbons (Fsp3) is 0.0588. The predicted octanol–water partition coefficient (Wildman–Crippen LogP) is 5.03. The SMILES string of the molecule is O=[N+]([O-])c1ccc(Nc2ncc(C(F)(F)F)c(Nc3ccccc3F)n2)cc1. The summed E-state index contributed by atoms with van der Waals surface area (Å²) in [5.41, 5.74) is -1.19. The van der Waals surface area contributed by atoms with Gasteiger partial charge in [-0.25, -0.2) is 9.37 Å². The molecule has 0 saturated heterocycles. The number of nitrogens with zero attached hydrogens (tertiary/aromatic N) is 3. The van der Waals surface area contributed by atoms with Crippen molar-refractivity contribution in [2.45, 2.75) is 6.18 Å². The number of nitro groups is 1. The molecule has 0 aliphatic carbocycles. The maximum Gasteiger partial charge on any atom is 0.421 e. The molecule has 28 heavy (non-hydrogen) atoms. The molecule has 7 nitrogen and oxygen atoms in total. The zero-order valence-electron chi connectivity index (χ0n) is 13.9. The zero-order valence-corrected chi connectivity index (χ0v) is 13.9. The van der Waals surface area contributed by atoms with Gasteiger partial charge in [-0.1, -0.05) is 12.1 Å². The van der Waals surface area contributed by atoms with Crippen LogP contribution in [0.3, 0.4) is 0 Å². The van der Waals surface area contributed by atoms with Crippen molar-refractivity contribution in [1.82, 2.24) is 9.97 Å². The molecule has 0 aliphatic heterocycles. The topological polar surface area (TPSA) is 93.0 Å². The molecule has 0 atom stereocenters. The molecule has 0 aliphatic rings. The van der Waals surface area contributed by atoms with Crippen LogP contribution in [0.2, 0.25) is 0 Å². The smallest absolute Gasteiger partial charge is 0.337 e. The van der Waals surface area contributed by atoms with Gasteiger partial charge in [0.25, 0.3) is 5.69 Å². The third-order valence-corrected chi connectivity index (χ3v) is 3.56. The van der Waals surface area contributed by atoms with Gasteiger partial charge < -0.3 is 10.6 Å². The normalized spacial score (nSPS) is 11.1. The molecule has 1 aromatic heterocycles. The lowest BCUT2D eigenvalue weighted by atomic mass is 10.2. The van der Waals surface area contributed by atoms with Gasteiger partial charge in [0.05, 0.1) is 10.6 Å². The molecule has 0 saturated carbocycles. The van der Waals surface area contributed by atoms with E-state index in [1.807, 2.05) is 0 Å². The minimum Gasteiger partial charge on any atom is -0.337 e. The van der Waals surface area contributed by atoms with Crippen molar-refractivity contribution in [3.8, 4) is 0 Å². The molecule has 0 spiro atoms. The number of halogens is 4. The minimum absolute atomic E-state index is 0.152. The Balaban J connectivity index is 1.93. The van der Waals surface area contributed by atoms with Crippen LogP contribution in [-0.4, -0.2) is 14.9 Å². The predicted molar refractivity (Wildman–Crippen MR) is 93.1 cm³/mol. The Labute approximate surface area is 155 Å². The highest BCUT2D eigenvalue weighted by atomic mass is 19.4. The average Bonchev–Trinajstić information content (AvgIpc) is 2.63. The number of hydrogen-bond acceptors (Lipinski definition) is 6. The summed E-state index contributed by atoms with van der Waals surface area (Å²) >= 11 is 0. The number of hydrogen-bond donors (Lipinski definition) is 2. The van der Waals surface area contributed by atoms with Gasteiger partial charge in [-0.3, -0.25) is 10.1 Å². The lowest BCUT2D eigenvalue weighted by Crippen LogP contribution is -2.13. The van der Waals surface area contributed by atoms with E-state index in [4.69, 9.17) is 0 Å². The Morgan fingerprint density at radius 1 is 1.00 bits per heavy atom. The summed E-state index contributed by atoms with van der Waals surface area (Å²) in [6.45, 7) is 0. The summed E-state index contributed by atoms with van der Waals surface area (Å²) in [5.74, 6) is -1.60. The first-order valence-corrected chi connectivity index (χ1v) is 7.71. The second-order valence-corrected chi connectivity index (χ2v) is 5.49. The maximum absolute atomic E-state index is 13.8. The van der Waals surface area contributed by atoms with Crippen LogP contribution in [-0.2, 0) is 6.18 Å². The van der Waals surface area contributed by atoms with Crippen LogP contribution < -0.4 is 10.6 Å². The molecule has 0 unspecified atom stereocenters. The lowest BCUT2D eigenvalue weighted by molar-refractivity contribution is -0.384. The molecule has 0 radical (unpaired) electrons. The molecular weight excluding hydrogens is 382 g/mol. The van der Waals surface area contributed by atoms with Crippen molar-refractivity contribution in [2.24, 2.45) is 0 Å². The van der Waals surface area contributed by atoms with Crippen molar-refractivity contribution in [3.63, 3.8) is 0 Å². The monoisotopic (exact) mass is 393 g/mol. The van der Waals surface area contributed by atoms with Gasteiger partial charge in [0.15, 0.2) is 0 Å². The Bertz CT molecular complexity index is 1010. The average molecular weight is 393 g/mol. The Kier molecular flexibility index (Phi) is 5.07. The highest BCUT2D eigenvalue weighted by Crippen LogP contribution is 2.35. The molecule has 0 amide bonds. The quantitative estimate of drug-likeness (QED) is 0.359. The van der Waals surface area contributed by atoms with E-state index in [9.17, 15) is 27.7 Å². The van der Waals surface area contributed by atoms with E-state index in [1.54, 1.807) is 0 Å².